The standard InChI is InChI=1S/C26H36N6O5/c1-26(2,3)37-24(33)27-19-11-13-30(14-12-19)16-22-28-29-23(36-22)21-10-9-20-15-31(21)25(34)32(20)35-17-18-7-5-4-6-8-18/h4-8,19-21H,9-17H2,1-3H3,(H,27,33)/t20-,21-/m0/s1. The summed E-state index contributed by atoms with van der Waals surface area (Å²) in [5.74, 6) is 1.02. The number of fused-ring (bicyclic) bond motifs is 2. The predicted molar refractivity (Wildman–Crippen MR) is 133 cm³/mol. The SMILES string of the molecule is CC(C)(C)OC(=O)NC1CCN(Cc2nnc([C@@H]3CC[C@H]4CN3C(=O)N4OCc3ccccc3)o2)CC1. The summed E-state index contributed by atoms with van der Waals surface area (Å²) in [5, 5.41) is 13.0. The first-order valence-corrected chi connectivity index (χ1v) is 13.1. The molecular formula is C26H36N6O5. The highest BCUT2D eigenvalue weighted by molar-refractivity contribution is 5.77. The second-order valence-corrected chi connectivity index (χ2v) is 11.0. The molecule has 2 bridgehead atoms. The minimum atomic E-state index is -0.507. The Hall–Kier alpha value is -3.18. The molecule has 1 aromatic heterocycles. The first-order valence-electron chi connectivity index (χ1n) is 13.1. The number of urea groups is 1. The minimum absolute atomic E-state index is 0.0328. The van der Waals surface area contributed by atoms with Gasteiger partial charge in [-0.05, 0) is 52.0 Å². The maximum absolute atomic E-state index is 13.1. The summed E-state index contributed by atoms with van der Waals surface area (Å²) in [4.78, 5) is 35.0. The maximum Gasteiger partial charge on any atom is 0.407 e. The van der Waals surface area contributed by atoms with Crippen molar-refractivity contribution in [2.45, 2.75) is 83.3 Å². The molecule has 1 N–H and O–H groups in total. The summed E-state index contributed by atoms with van der Waals surface area (Å²) in [6, 6.07) is 9.57. The molecule has 1 aromatic carbocycles. The summed E-state index contributed by atoms with van der Waals surface area (Å²) in [5.41, 5.74) is 0.516. The van der Waals surface area contributed by atoms with E-state index >= 15 is 0 Å². The molecule has 0 radical (unpaired) electrons. The van der Waals surface area contributed by atoms with E-state index in [-0.39, 0.29) is 30.2 Å². The fraction of sp³-hybridized carbons (Fsp3) is 0.615. The molecule has 0 saturated carbocycles. The molecule has 4 heterocycles. The Morgan fingerprint density at radius 2 is 1.86 bits per heavy atom. The summed E-state index contributed by atoms with van der Waals surface area (Å²) in [6.45, 7) is 8.67. The zero-order chi connectivity index (χ0) is 26.0. The summed E-state index contributed by atoms with van der Waals surface area (Å²) in [6.07, 6.45) is 2.85. The summed E-state index contributed by atoms with van der Waals surface area (Å²) >= 11 is 0. The first kappa shape index (κ1) is 25.5. The third kappa shape index (κ3) is 6.22. The molecule has 3 amide bonds. The van der Waals surface area contributed by atoms with Gasteiger partial charge in [0.1, 0.15) is 18.2 Å². The van der Waals surface area contributed by atoms with Gasteiger partial charge >= 0.3 is 12.1 Å². The average molecular weight is 513 g/mol. The second-order valence-electron chi connectivity index (χ2n) is 11.0. The highest BCUT2D eigenvalue weighted by Crippen LogP contribution is 2.38. The van der Waals surface area contributed by atoms with Gasteiger partial charge in [0.2, 0.25) is 11.8 Å². The molecule has 3 saturated heterocycles. The van der Waals surface area contributed by atoms with E-state index in [1.165, 1.54) is 5.06 Å². The van der Waals surface area contributed by atoms with E-state index in [4.69, 9.17) is 14.0 Å². The smallest absolute Gasteiger partial charge is 0.407 e. The van der Waals surface area contributed by atoms with Crippen LogP contribution in [0.3, 0.4) is 0 Å². The molecule has 0 aliphatic carbocycles. The quantitative estimate of drug-likeness (QED) is 0.598. The van der Waals surface area contributed by atoms with Crippen LogP contribution in [-0.2, 0) is 22.7 Å². The molecule has 3 aliphatic heterocycles. The predicted octanol–water partition coefficient (Wildman–Crippen LogP) is 3.63. The lowest BCUT2D eigenvalue weighted by Crippen LogP contribution is -2.45. The summed E-state index contributed by atoms with van der Waals surface area (Å²) < 4.78 is 11.4. The lowest BCUT2D eigenvalue weighted by molar-refractivity contribution is -0.140. The number of carbonyl (C=O) groups is 2. The van der Waals surface area contributed by atoms with E-state index in [1.54, 1.807) is 4.90 Å². The van der Waals surface area contributed by atoms with Crippen LogP contribution >= 0.6 is 0 Å². The van der Waals surface area contributed by atoms with E-state index in [0.717, 1.165) is 44.3 Å². The molecule has 2 aromatic rings. The highest BCUT2D eigenvalue weighted by atomic mass is 16.7. The van der Waals surface area contributed by atoms with Crippen molar-refractivity contribution in [1.82, 2.24) is 30.4 Å². The first-order chi connectivity index (χ1) is 17.7. The lowest BCUT2D eigenvalue weighted by Gasteiger charge is -2.32. The molecule has 11 nitrogen and oxygen atoms in total. The zero-order valence-electron chi connectivity index (χ0n) is 21.8. The molecule has 0 unspecified atom stereocenters. The molecule has 11 heteroatoms. The van der Waals surface area contributed by atoms with Gasteiger partial charge in [0.15, 0.2) is 0 Å². The van der Waals surface area contributed by atoms with Crippen molar-refractivity contribution in [2.24, 2.45) is 0 Å². The number of hydroxylamine groups is 2. The number of likely N-dealkylation sites (tertiary alicyclic amines) is 1. The average Bonchev–Trinajstić information content (AvgIpc) is 3.41. The van der Waals surface area contributed by atoms with Crippen LogP contribution in [0.4, 0.5) is 9.59 Å². The van der Waals surface area contributed by atoms with Crippen molar-refractivity contribution in [1.29, 1.82) is 0 Å². The van der Waals surface area contributed by atoms with Gasteiger partial charge in [-0.2, -0.15) is 5.06 Å². The van der Waals surface area contributed by atoms with E-state index in [1.807, 2.05) is 51.1 Å². The van der Waals surface area contributed by atoms with E-state index in [0.29, 0.717) is 31.5 Å². The fourth-order valence-electron chi connectivity index (χ4n) is 5.14. The second kappa shape index (κ2) is 10.7. The van der Waals surface area contributed by atoms with Gasteiger partial charge in [0.25, 0.3) is 0 Å². The van der Waals surface area contributed by atoms with Gasteiger partial charge in [-0.1, -0.05) is 30.3 Å². The Labute approximate surface area is 217 Å². The monoisotopic (exact) mass is 512 g/mol. The Morgan fingerprint density at radius 3 is 2.59 bits per heavy atom. The number of nitrogens with zero attached hydrogens (tertiary/aromatic N) is 5. The molecule has 200 valence electrons. The number of carbonyl (C=O) groups excluding carboxylic acids is 2. The van der Waals surface area contributed by atoms with Gasteiger partial charge in [0.05, 0.1) is 12.6 Å². The van der Waals surface area contributed by atoms with Gasteiger partial charge in [0, 0.05) is 25.7 Å². The number of hydrogen-bond donors (Lipinski definition) is 1. The van der Waals surface area contributed by atoms with Crippen molar-refractivity contribution in [3.05, 3.63) is 47.7 Å². The number of hydrogen-bond acceptors (Lipinski definition) is 8. The number of nitrogens with one attached hydrogen (secondary N) is 1. The van der Waals surface area contributed by atoms with Crippen LogP contribution in [0.5, 0.6) is 0 Å². The fourth-order valence-corrected chi connectivity index (χ4v) is 5.14. The van der Waals surface area contributed by atoms with Gasteiger partial charge in [-0.3, -0.25) is 9.74 Å². The van der Waals surface area contributed by atoms with Crippen LogP contribution in [0.1, 0.15) is 69.8 Å². The number of aromatic nitrogens is 2. The Bertz CT molecular complexity index is 1080. The lowest BCUT2D eigenvalue weighted by atomic mass is 10.0. The molecule has 3 aliphatic rings. The van der Waals surface area contributed by atoms with Crippen molar-refractivity contribution < 1.29 is 23.6 Å². The number of alkyl carbamates (subject to hydrolysis) is 1. The number of amides is 3. The van der Waals surface area contributed by atoms with Crippen molar-refractivity contribution >= 4 is 12.1 Å². The van der Waals surface area contributed by atoms with Crippen molar-refractivity contribution in [3.8, 4) is 0 Å². The number of piperidine rings is 2. The van der Waals surface area contributed by atoms with Gasteiger partial charge < -0.3 is 19.4 Å². The molecule has 0 spiro atoms. The number of benzene rings is 1. The largest absolute Gasteiger partial charge is 0.444 e. The molecule has 2 atom stereocenters. The molecule has 5 rings (SSSR count). The van der Waals surface area contributed by atoms with Crippen LogP contribution in [0.15, 0.2) is 34.7 Å². The maximum atomic E-state index is 13.1. The Kier molecular flexibility index (Phi) is 7.34. The van der Waals surface area contributed by atoms with E-state index in [2.05, 4.69) is 20.4 Å². The molecule has 37 heavy (non-hydrogen) atoms. The van der Waals surface area contributed by atoms with E-state index in [9.17, 15) is 9.59 Å². The normalized spacial score (nSPS) is 22.9. The Balaban J connectivity index is 1.11. The topological polar surface area (TPSA) is 113 Å². The summed E-state index contributed by atoms with van der Waals surface area (Å²) in [7, 11) is 0. The third-order valence-electron chi connectivity index (χ3n) is 6.97. The minimum Gasteiger partial charge on any atom is -0.444 e. The van der Waals surface area contributed by atoms with Crippen LogP contribution in [-0.4, -0.2) is 74.5 Å². The van der Waals surface area contributed by atoms with Crippen molar-refractivity contribution in [2.75, 3.05) is 19.6 Å². The number of ether oxygens (including phenoxy) is 1. The van der Waals surface area contributed by atoms with Gasteiger partial charge in [-0.15, -0.1) is 10.2 Å². The third-order valence-corrected chi connectivity index (χ3v) is 6.97. The van der Waals surface area contributed by atoms with Crippen LogP contribution in [0.25, 0.3) is 0 Å². The van der Waals surface area contributed by atoms with E-state index < -0.39 is 5.60 Å². The Morgan fingerprint density at radius 1 is 1.11 bits per heavy atom. The molecular weight excluding hydrogens is 476 g/mol. The van der Waals surface area contributed by atoms with Crippen LogP contribution in [0, 0.1) is 0 Å². The highest BCUT2D eigenvalue weighted by Gasteiger charge is 2.47. The van der Waals surface area contributed by atoms with Crippen molar-refractivity contribution in [3.63, 3.8) is 0 Å². The molecule has 3 fully saturated rings. The van der Waals surface area contributed by atoms with Gasteiger partial charge in [-0.25, -0.2) is 9.59 Å². The van der Waals surface area contributed by atoms with Crippen LogP contribution in [0.2, 0.25) is 0 Å². The van der Waals surface area contributed by atoms with Crippen LogP contribution < -0.4 is 5.32 Å². The zero-order valence-corrected chi connectivity index (χ0v) is 21.8. The number of rotatable bonds is 7.